The second-order valence-corrected chi connectivity index (χ2v) is 5.54. The Kier molecular flexibility index (Phi) is 2.00. The van der Waals surface area contributed by atoms with Crippen molar-refractivity contribution >= 4 is 16.2 Å². The third kappa shape index (κ3) is 1.60. The maximum atomic E-state index is 10.7. The molecule has 0 aromatic rings. The first kappa shape index (κ1) is 8.27. The minimum atomic E-state index is -0.719. The number of hydrogen-bond donors (Lipinski definition) is 1. The van der Waals surface area contributed by atoms with Crippen LogP contribution in [0.15, 0.2) is 24.3 Å². The summed E-state index contributed by atoms with van der Waals surface area (Å²) in [6.07, 6.45) is 7.47. The van der Waals surface area contributed by atoms with Crippen molar-refractivity contribution in [3.05, 3.63) is 24.3 Å². The highest BCUT2D eigenvalue weighted by atomic mass is 28.1. The molecule has 1 aliphatic rings. The highest BCUT2D eigenvalue weighted by Crippen LogP contribution is 2.36. The fourth-order valence-electron chi connectivity index (χ4n) is 1.23. The molecular weight excluding hydrogens is 156 g/mol. The van der Waals surface area contributed by atoms with Crippen LogP contribution in [0.4, 0.5) is 0 Å². The predicted octanol–water partition coefficient (Wildman–Crippen LogP) is 0.357. The highest BCUT2D eigenvalue weighted by molar-refractivity contribution is 6.18. The van der Waals surface area contributed by atoms with Gasteiger partial charge in [-0.15, -0.1) is 0 Å². The lowest BCUT2D eigenvalue weighted by Gasteiger charge is -2.27. The predicted molar refractivity (Wildman–Crippen MR) is 47.7 cm³/mol. The number of aliphatic carboxylic acids is 1. The topological polar surface area (TPSA) is 37.3 Å². The molecule has 0 aromatic carbocycles. The third-order valence-corrected chi connectivity index (χ3v) is 2.96. The number of carboxylic acid groups (broad SMARTS) is 1. The van der Waals surface area contributed by atoms with Gasteiger partial charge in [0.1, 0.15) is 0 Å². The molecule has 2 nitrogen and oxygen atoms in total. The number of hydrogen-bond acceptors (Lipinski definition) is 1. The van der Waals surface area contributed by atoms with E-state index in [2.05, 4.69) is 0 Å². The Morgan fingerprint density at radius 2 is 2.27 bits per heavy atom. The van der Waals surface area contributed by atoms with Crippen LogP contribution in [0.3, 0.4) is 0 Å². The average Bonchev–Trinajstić information content (AvgIpc) is 1.85. The summed E-state index contributed by atoms with van der Waals surface area (Å²) in [5.41, 5.74) is 0. The minimum Gasteiger partial charge on any atom is -0.481 e. The molecule has 0 fully saturated rings. The van der Waals surface area contributed by atoms with Gasteiger partial charge in [-0.05, 0) is 5.04 Å². The molecule has 0 amide bonds. The van der Waals surface area contributed by atoms with Crippen LogP contribution in [0.25, 0.3) is 0 Å². The van der Waals surface area contributed by atoms with Gasteiger partial charge in [0.2, 0.25) is 0 Å². The molecular formula is C8H12O2Si. The number of rotatable bonds is 1. The second kappa shape index (κ2) is 2.66. The Morgan fingerprint density at radius 3 is 2.64 bits per heavy atom. The van der Waals surface area contributed by atoms with Gasteiger partial charge in [-0.2, -0.15) is 0 Å². The molecule has 11 heavy (non-hydrogen) atoms. The number of carboxylic acids is 1. The summed E-state index contributed by atoms with van der Waals surface area (Å²) >= 11 is 0. The molecule has 3 heteroatoms. The normalized spacial score (nSPS) is 35.9. The molecule has 1 rings (SSSR count). The molecule has 0 bridgehead atoms. The fraction of sp³-hybridized carbons (Fsp3) is 0.375. The van der Waals surface area contributed by atoms with Crippen molar-refractivity contribution in [3.63, 3.8) is 0 Å². The lowest BCUT2D eigenvalue weighted by molar-refractivity contribution is -0.140. The first-order valence-electron chi connectivity index (χ1n) is 3.63. The van der Waals surface area contributed by atoms with Gasteiger partial charge in [0.15, 0.2) is 0 Å². The first-order chi connectivity index (χ1) is 5.04. The van der Waals surface area contributed by atoms with E-state index in [1.807, 2.05) is 19.1 Å². The Morgan fingerprint density at radius 1 is 1.64 bits per heavy atom. The zero-order valence-corrected chi connectivity index (χ0v) is 8.74. The second-order valence-electron chi connectivity index (χ2n) is 3.38. The molecule has 0 radical (unpaired) electrons. The van der Waals surface area contributed by atoms with Gasteiger partial charge in [0.25, 0.3) is 0 Å². The van der Waals surface area contributed by atoms with Crippen molar-refractivity contribution in [2.45, 2.75) is 12.0 Å². The summed E-state index contributed by atoms with van der Waals surface area (Å²) in [6, 6.07) is 0. The fourth-order valence-corrected chi connectivity index (χ4v) is 1.86. The Labute approximate surface area is 69.0 Å². The summed E-state index contributed by atoms with van der Waals surface area (Å²) in [7, 11) is 0.872. The average molecular weight is 168 g/mol. The molecule has 0 aromatic heterocycles. The van der Waals surface area contributed by atoms with Crippen LogP contribution in [-0.2, 0) is 4.79 Å². The number of allylic oxidation sites excluding steroid dienone is 3. The molecule has 1 aliphatic carbocycles. The standard InChI is InChI=1S/C8H12O2Si/c1-8(11)5-3-2-4-6(8)7(9)10/h2-6H,1,11H3,(H,9,10). The Hall–Kier alpha value is -0.833. The van der Waals surface area contributed by atoms with Crippen molar-refractivity contribution in [2.24, 2.45) is 5.92 Å². The lowest BCUT2D eigenvalue weighted by Crippen LogP contribution is -2.26. The smallest absolute Gasteiger partial charge is 0.310 e. The van der Waals surface area contributed by atoms with Crippen molar-refractivity contribution in [1.82, 2.24) is 0 Å². The number of carbonyl (C=O) groups is 1. The van der Waals surface area contributed by atoms with E-state index in [4.69, 9.17) is 5.11 Å². The van der Waals surface area contributed by atoms with E-state index in [1.54, 1.807) is 12.2 Å². The molecule has 2 unspecified atom stereocenters. The highest BCUT2D eigenvalue weighted by Gasteiger charge is 2.31. The van der Waals surface area contributed by atoms with Crippen LogP contribution in [0, 0.1) is 5.92 Å². The maximum absolute atomic E-state index is 10.7. The van der Waals surface area contributed by atoms with Crippen LogP contribution >= 0.6 is 0 Å². The quantitative estimate of drug-likeness (QED) is 0.574. The molecule has 60 valence electrons. The van der Waals surface area contributed by atoms with Gasteiger partial charge in [0.05, 0.1) is 5.92 Å². The Bertz CT molecular complexity index is 228. The summed E-state index contributed by atoms with van der Waals surface area (Å²) in [5, 5.41) is 8.70. The first-order valence-corrected chi connectivity index (χ1v) is 4.63. The molecule has 0 heterocycles. The van der Waals surface area contributed by atoms with E-state index in [9.17, 15) is 4.79 Å². The van der Waals surface area contributed by atoms with Crippen molar-refractivity contribution in [3.8, 4) is 0 Å². The molecule has 0 aliphatic heterocycles. The van der Waals surface area contributed by atoms with E-state index in [0.717, 1.165) is 10.2 Å². The summed E-state index contributed by atoms with van der Waals surface area (Å²) in [4.78, 5) is 10.7. The van der Waals surface area contributed by atoms with Gasteiger partial charge in [-0.25, -0.2) is 0 Å². The van der Waals surface area contributed by atoms with E-state index >= 15 is 0 Å². The molecule has 0 saturated carbocycles. The Balaban J connectivity index is 2.89. The molecule has 0 saturated heterocycles. The van der Waals surface area contributed by atoms with Gasteiger partial charge >= 0.3 is 5.97 Å². The van der Waals surface area contributed by atoms with Gasteiger partial charge in [-0.1, -0.05) is 31.2 Å². The summed E-state index contributed by atoms with van der Waals surface area (Å²) in [5.74, 6) is -1.04. The third-order valence-electron chi connectivity index (χ3n) is 2.01. The van der Waals surface area contributed by atoms with Crippen LogP contribution in [0.5, 0.6) is 0 Å². The monoisotopic (exact) mass is 168 g/mol. The van der Waals surface area contributed by atoms with Crippen LogP contribution in [0.1, 0.15) is 6.92 Å². The van der Waals surface area contributed by atoms with Crippen LogP contribution in [0.2, 0.25) is 5.04 Å². The van der Waals surface area contributed by atoms with Crippen molar-refractivity contribution in [1.29, 1.82) is 0 Å². The molecule has 0 spiro atoms. The van der Waals surface area contributed by atoms with Gasteiger partial charge in [-0.3, -0.25) is 4.79 Å². The van der Waals surface area contributed by atoms with E-state index in [-0.39, 0.29) is 11.0 Å². The van der Waals surface area contributed by atoms with E-state index in [0.29, 0.717) is 0 Å². The van der Waals surface area contributed by atoms with E-state index in [1.165, 1.54) is 0 Å². The van der Waals surface area contributed by atoms with Crippen molar-refractivity contribution < 1.29 is 9.90 Å². The van der Waals surface area contributed by atoms with Crippen LogP contribution in [-0.4, -0.2) is 21.3 Å². The maximum Gasteiger partial charge on any atom is 0.310 e. The van der Waals surface area contributed by atoms with Crippen LogP contribution < -0.4 is 0 Å². The van der Waals surface area contributed by atoms with Crippen molar-refractivity contribution in [2.75, 3.05) is 0 Å². The zero-order valence-electron chi connectivity index (χ0n) is 6.74. The molecule has 1 N–H and O–H groups in total. The van der Waals surface area contributed by atoms with E-state index < -0.39 is 5.97 Å². The SMILES string of the molecule is CC1([SiH3])C=CC=CC1C(=O)O. The summed E-state index contributed by atoms with van der Waals surface area (Å²) in [6.45, 7) is 1.98. The van der Waals surface area contributed by atoms with Gasteiger partial charge < -0.3 is 5.11 Å². The zero-order chi connectivity index (χ0) is 8.48. The van der Waals surface area contributed by atoms with Gasteiger partial charge in [0, 0.05) is 10.2 Å². The minimum absolute atomic E-state index is 0.111. The summed E-state index contributed by atoms with van der Waals surface area (Å²) < 4.78 is 0. The molecule has 2 atom stereocenters. The lowest BCUT2D eigenvalue weighted by atomic mass is 9.89. The largest absolute Gasteiger partial charge is 0.481 e.